The zero-order valence-electron chi connectivity index (χ0n) is 9.13. The van der Waals surface area contributed by atoms with Gasteiger partial charge in [0.15, 0.2) is 0 Å². The van der Waals surface area contributed by atoms with Crippen molar-refractivity contribution in [3.05, 3.63) is 24.5 Å². The first-order valence-electron chi connectivity index (χ1n) is 5.32. The third kappa shape index (κ3) is 3.17. The van der Waals surface area contributed by atoms with Crippen LogP contribution in [-0.2, 0) is 11.2 Å². The van der Waals surface area contributed by atoms with Gasteiger partial charge in [-0.2, -0.15) is 4.98 Å². The topological polar surface area (TPSA) is 89.4 Å². The molecule has 0 aliphatic rings. The Balaban J connectivity index is 1.84. The molecule has 1 N–H and O–H groups in total. The van der Waals surface area contributed by atoms with Gasteiger partial charge >= 0.3 is 5.97 Å². The average molecular weight is 236 g/mol. The Labute approximate surface area is 97.2 Å². The molecule has 2 heterocycles. The van der Waals surface area contributed by atoms with E-state index in [1.54, 1.807) is 12.3 Å². The van der Waals surface area contributed by atoms with Crippen LogP contribution in [-0.4, -0.2) is 21.2 Å². The van der Waals surface area contributed by atoms with Gasteiger partial charge in [-0.1, -0.05) is 5.16 Å². The summed E-state index contributed by atoms with van der Waals surface area (Å²) in [7, 11) is 0. The number of hydrogen-bond donors (Lipinski definition) is 1. The number of unbranched alkanes of at least 4 members (excludes halogenated alkanes) is 1. The van der Waals surface area contributed by atoms with Crippen LogP contribution in [0.25, 0.3) is 11.4 Å². The van der Waals surface area contributed by atoms with E-state index in [4.69, 9.17) is 14.0 Å². The van der Waals surface area contributed by atoms with Gasteiger partial charge in [0, 0.05) is 12.8 Å². The van der Waals surface area contributed by atoms with Gasteiger partial charge in [-0.25, -0.2) is 0 Å². The summed E-state index contributed by atoms with van der Waals surface area (Å²) in [5.74, 6) is 0.230. The summed E-state index contributed by atoms with van der Waals surface area (Å²) < 4.78 is 9.96. The quantitative estimate of drug-likeness (QED) is 0.772. The number of nitrogens with zero attached hydrogens (tertiary/aromatic N) is 2. The molecule has 0 unspecified atom stereocenters. The van der Waals surface area contributed by atoms with Gasteiger partial charge in [0.25, 0.3) is 0 Å². The molecule has 0 radical (unpaired) electrons. The largest absolute Gasteiger partial charge is 0.481 e. The second kappa shape index (κ2) is 5.29. The summed E-state index contributed by atoms with van der Waals surface area (Å²) in [6.45, 7) is 0. The van der Waals surface area contributed by atoms with Gasteiger partial charge in [0.05, 0.1) is 11.8 Å². The van der Waals surface area contributed by atoms with Gasteiger partial charge in [-0.05, 0) is 18.9 Å². The molecule has 2 aromatic heterocycles. The average Bonchev–Trinajstić information content (AvgIpc) is 2.94. The van der Waals surface area contributed by atoms with E-state index < -0.39 is 5.97 Å². The third-order valence-electron chi connectivity index (χ3n) is 2.28. The molecular weight excluding hydrogens is 224 g/mol. The number of carboxylic acids is 1. The van der Waals surface area contributed by atoms with Gasteiger partial charge in [-0.15, -0.1) is 0 Å². The van der Waals surface area contributed by atoms with Crippen molar-refractivity contribution in [3.63, 3.8) is 0 Å². The summed E-state index contributed by atoms with van der Waals surface area (Å²) in [6, 6.07) is 1.75. The minimum absolute atomic E-state index is 0.169. The molecule has 17 heavy (non-hydrogen) atoms. The molecule has 0 bridgehead atoms. The van der Waals surface area contributed by atoms with Crippen LogP contribution in [0, 0.1) is 0 Å². The molecule has 0 spiro atoms. The highest BCUT2D eigenvalue weighted by Gasteiger charge is 2.09. The van der Waals surface area contributed by atoms with Crippen LogP contribution < -0.4 is 0 Å². The molecule has 0 fully saturated rings. The van der Waals surface area contributed by atoms with E-state index in [2.05, 4.69) is 10.1 Å². The molecule has 0 saturated carbocycles. The zero-order valence-corrected chi connectivity index (χ0v) is 9.13. The number of furan rings is 1. The molecule has 0 aromatic carbocycles. The molecule has 2 aromatic rings. The predicted octanol–water partition coefficient (Wildman–Crippen LogP) is 2.13. The van der Waals surface area contributed by atoms with Crippen LogP contribution in [0.3, 0.4) is 0 Å². The van der Waals surface area contributed by atoms with E-state index >= 15 is 0 Å². The molecule has 0 atom stereocenters. The van der Waals surface area contributed by atoms with Crippen molar-refractivity contribution in [1.29, 1.82) is 0 Å². The SMILES string of the molecule is O=C(O)CCCCc1nc(-c2ccoc2)no1. The minimum atomic E-state index is -0.783. The number of carbonyl (C=O) groups is 1. The fourth-order valence-corrected chi connectivity index (χ4v) is 1.42. The first-order chi connectivity index (χ1) is 8.25. The first-order valence-corrected chi connectivity index (χ1v) is 5.32. The van der Waals surface area contributed by atoms with Crippen molar-refractivity contribution in [2.45, 2.75) is 25.7 Å². The fourth-order valence-electron chi connectivity index (χ4n) is 1.42. The maximum absolute atomic E-state index is 10.3. The Morgan fingerprint density at radius 3 is 3.00 bits per heavy atom. The molecule has 90 valence electrons. The third-order valence-corrected chi connectivity index (χ3v) is 2.28. The van der Waals surface area contributed by atoms with Crippen LogP contribution in [0.1, 0.15) is 25.2 Å². The summed E-state index contributed by atoms with van der Waals surface area (Å²) >= 11 is 0. The summed E-state index contributed by atoms with van der Waals surface area (Å²) in [5, 5.41) is 12.3. The van der Waals surface area contributed by atoms with Crippen molar-refractivity contribution in [3.8, 4) is 11.4 Å². The van der Waals surface area contributed by atoms with E-state index in [1.165, 1.54) is 6.26 Å². The molecule has 6 heteroatoms. The molecule has 2 rings (SSSR count). The summed E-state index contributed by atoms with van der Waals surface area (Å²) in [4.78, 5) is 14.5. The Kier molecular flexibility index (Phi) is 3.54. The van der Waals surface area contributed by atoms with E-state index in [-0.39, 0.29) is 6.42 Å². The highest BCUT2D eigenvalue weighted by molar-refractivity contribution is 5.66. The van der Waals surface area contributed by atoms with E-state index in [0.29, 0.717) is 24.6 Å². The lowest BCUT2D eigenvalue weighted by atomic mass is 10.2. The second-order valence-electron chi connectivity index (χ2n) is 3.62. The first kappa shape index (κ1) is 11.4. The normalized spacial score (nSPS) is 10.6. The molecule has 0 aliphatic carbocycles. The van der Waals surface area contributed by atoms with Crippen LogP contribution in [0.2, 0.25) is 0 Å². The summed E-state index contributed by atoms with van der Waals surface area (Å²) in [6.07, 6.45) is 5.18. The number of hydrogen-bond acceptors (Lipinski definition) is 5. The van der Waals surface area contributed by atoms with Crippen molar-refractivity contribution >= 4 is 5.97 Å². The smallest absolute Gasteiger partial charge is 0.303 e. The van der Waals surface area contributed by atoms with E-state index in [1.807, 2.05) is 0 Å². The maximum atomic E-state index is 10.3. The minimum Gasteiger partial charge on any atom is -0.481 e. The highest BCUT2D eigenvalue weighted by Crippen LogP contribution is 2.16. The van der Waals surface area contributed by atoms with Crippen LogP contribution in [0.15, 0.2) is 27.5 Å². The van der Waals surface area contributed by atoms with Gasteiger partial charge in [0.2, 0.25) is 11.7 Å². The van der Waals surface area contributed by atoms with Crippen molar-refractivity contribution in [2.24, 2.45) is 0 Å². The Morgan fingerprint density at radius 1 is 1.41 bits per heavy atom. The Bertz CT molecular complexity index is 475. The lowest BCUT2D eigenvalue weighted by Gasteiger charge is -1.92. The Morgan fingerprint density at radius 2 is 2.29 bits per heavy atom. The van der Waals surface area contributed by atoms with Crippen molar-refractivity contribution < 1.29 is 18.8 Å². The molecule has 0 saturated heterocycles. The number of rotatable bonds is 6. The molecule has 0 aliphatic heterocycles. The monoisotopic (exact) mass is 236 g/mol. The fraction of sp³-hybridized carbons (Fsp3) is 0.364. The lowest BCUT2D eigenvalue weighted by molar-refractivity contribution is -0.137. The van der Waals surface area contributed by atoms with Gasteiger partial charge in [0.1, 0.15) is 6.26 Å². The molecule has 0 amide bonds. The number of aliphatic carboxylic acids is 1. The van der Waals surface area contributed by atoms with Gasteiger partial charge < -0.3 is 14.0 Å². The Hall–Kier alpha value is -2.11. The second-order valence-corrected chi connectivity index (χ2v) is 3.62. The molecular formula is C11H12N2O4. The van der Waals surface area contributed by atoms with Gasteiger partial charge in [-0.3, -0.25) is 4.79 Å². The van der Waals surface area contributed by atoms with E-state index in [9.17, 15) is 4.79 Å². The zero-order chi connectivity index (χ0) is 12.1. The van der Waals surface area contributed by atoms with E-state index in [0.717, 1.165) is 12.0 Å². The number of aryl methyl sites for hydroxylation is 1. The molecule has 6 nitrogen and oxygen atoms in total. The number of carboxylic acid groups (broad SMARTS) is 1. The van der Waals surface area contributed by atoms with Crippen LogP contribution in [0.4, 0.5) is 0 Å². The standard InChI is InChI=1S/C11H12N2O4/c14-10(15)4-2-1-3-9-12-11(13-17-9)8-5-6-16-7-8/h5-7H,1-4H2,(H,14,15). The summed E-state index contributed by atoms with van der Waals surface area (Å²) in [5.41, 5.74) is 0.769. The van der Waals surface area contributed by atoms with Crippen molar-refractivity contribution in [1.82, 2.24) is 10.1 Å². The van der Waals surface area contributed by atoms with Crippen LogP contribution >= 0.6 is 0 Å². The lowest BCUT2D eigenvalue weighted by Crippen LogP contribution is -1.95. The highest BCUT2D eigenvalue weighted by atomic mass is 16.5. The maximum Gasteiger partial charge on any atom is 0.303 e. The van der Waals surface area contributed by atoms with Crippen molar-refractivity contribution in [2.75, 3.05) is 0 Å². The predicted molar refractivity (Wildman–Crippen MR) is 57.2 cm³/mol. The van der Waals surface area contributed by atoms with Crippen LogP contribution in [0.5, 0.6) is 0 Å². The number of aromatic nitrogens is 2.